The molecular formula is C20H26N4O2. The van der Waals surface area contributed by atoms with E-state index in [0.717, 1.165) is 55.0 Å². The molecule has 2 heterocycles. The molecule has 0 bridgehead atoms. The molecule has 1 aromatic heterocycles. The molecule has 0 unspecified atom stereocenters. The quantitative estimate of drug-likeness (QED) is 0.889. The van der Waals surface area contributed by atoms with E-state index >= 15 is 0 Å². The number of H-pyrrole nitrogens is 1. The maximum atomic E-state index is 12.3. The highest BCUT2D eigenvalue weighted by molar-refractivity contribution is 5.57. The molecule has 26 heavy (non-hydrogen) atoms. The van der Waals surface area contributed by atoms with E-state index in [1.807, 2.05) is 43.3 Å². The standard InChI is InChI=1S/C20H26N4O2/c1-23(2)20-21-17-11-14-24(13-10-16(17)19(25)22-20)12-6-8-15-7-4-5-9-18(15)26-3/h4-9H,10-14H2,1-3H3,(H,21,22,25)/b8-6+. The zero-order valence-electron chi connectivity index (χ0n) is 15.7. The first-order valence-electron chi connectivity index (χ1n) is 8.90. The van der Waals surface area contributed by atoms with Crippen LogP contribution in [0.4, 0.5) is 5.95 Å². The average molecular weight is 354 g/mol. The summed E-state index contributed by atoms with van der Waals surface area (Å²) < 4.78 is 5.38. The van der Waals surface area contributed by atoms with Crippen LogP contribution in [-0.4, -0.2) is 55.7 Å². The molecule has 1 aromatic carbocycles. The lowest BCUT2D eigenvalue weighted by molar-refractivity contribution is 0.318. The Balaban J connectivity index is 1.67. The van der Waals surface area contributed by atoms with Crippen LogP contribution in [-0.2, 0) is 12.8 Å². The summed E-state index contributed by atoms with van der Waals surface area (Å²) in [4.78, 5) is 24.0. The van der Waals surface area contributed by atoms with Gasteiger partial charge in [0.1, 0.15) is 5.75 Å². The van der Waals surface area contributed by atoms with Gasteiger partial charge in [-0.2, -0.15) is 0 Å². The summed E-state index contributed by atoms with van der Waals surface area (Å²) in [6.07, 6.45) is 5.76. The van der Waals surface area contributed by atoms with Crippen molar-refractivity contribution in [2.45, 2.75) is 12.8 Å². The molecule has 1 aliphatic rings. The third-order valence-electron chi connectivity index (χ3n) is 4.66. The van der Waals surface area contributed by atoms with Crippen molar-refractivity contribution in [3.05, 3.63) is 57.5 Å². The first-order chi connectivity index (χ1) is 12.6. The van der Waals surface area contributed by atoms with Crippen molar-refractivity contribution < 1.29 is 4.74 Å². The maximum Gasteiger partial charge on any atom is 0.255 e. The number of methoxy groups -OCH3 is 1. The molecule has 0 saturated carbocycles. The van der Waals surface area contributed by atoms with Crippen LogP contribution in [0.5, 0.6) is 5.75 Å². The van der Waals surface area contributed by atoms with Crippen molar-refractivity contribution in [2.75, 3.05) is 45.7 Å². The van der Waals surface area contributed by atoms with E-state index in [1.165, 1.54) is 0 Å². The minimum absolute atomic E-state index is 0.00915. The second kappa shape index (κ2) is 8.19. The van der Waals surface area contributed by atoms with Crippen LogP contribution in [0, 0.1) is 0 Å². The zero-order valence-corrected chi connectivity index (χ0v) is 15.7. The van der Waals surface area contributed by atoms with Gasteiger partial charge in [0.25, 0.3) is 5.56 Å². The van der Waals surface area contributed by atoms with E-state index in [2.05, 4.69) is 27.0 Å². The fourth-order valence-electron chi connectivity index (χ4n) is 3.17. The van der Waals surface area contributed by atoms with Crippen LogP contribution >= 0.6 is 0 Å². The molecule has 0 atom stereocenters. The molecule has 0 aliphatic carbocycles. The van der Waals surface area contributed by atoms with Gasteiger partial charge in [0, 0.05) is 51.3 Å². The van der Waals surface area contributed by atoms with Gasteiger partial charge in [0.2, 0.25) is 5.95 Å². The Morgan fingerprint density at radius 1 is 1.27 bits per heavy atom. The van der Waals surface area contributed by atoms with E-state index in [0.29, 0.717) is 5.95 Å². The Bertz CT molecular complexity index is 842. The van der Waals surface area contributed by atoms with E-state index in [4.69, 9.17) is 4.74 Å². The second-order valence-corrected chi connectivity index (χ2v) is 6.65. The molecule has 138 valence electrons. The largest absolute Gasteiger partial charge is 0.496 e. The highest BCUT2D eigenvalue weighted by Crippen LogP contribution is 2.19. The van der Waals surface area contributed by atoms with Crippen molar-refractivity contribution in [3.63, 3.8) is 0 Å². The highest BCUT2D eigenvalue weighted by atomic mass is 16.5. The molecule has 0 saturated heterocycles. The van der Waals surface area contributed by atoms with Crippen LogP contribution < -0.4 is 15.2 Å². The minimum Gasteiger partial charge on any atom is -0.496 e. The Morgan fingerprint density at radius 3 is 2.81 bits per heavy atom. The monoisotopic (exact) mass is 354 g/mol. The van der Waals surface area contributed by atoms with Crippen LogP contribution in [0.3, 0.4) is 0 Å². The molecular weight excluding hydrogens is 328 g/mol. The molecule has 0 amide bonds. The van der Waals surface area contributed by atoms with E-state index < -0.39 is 0 Å². The van der Waals surface area contributed by atoms with Crippen molar-refractivity contribution in [1.82, 2.24) is 14.9 Å². The van der Waals surface area contributed by atoms with Crippen LogP contribution in [0.15, 0.2) is 35.1 Å². The normalized spacial score (nSPS) is 14.9. The molecule has 1 N–H and O–H groups in total. The van der Waals surface area contributed by atoms with Crippen molar-refractivity contribution >= 4 is 12.0 Å². The van der Waals surface area contributed by atoms with Gasteiger partial charge in [0.15, 0.2) is 0 Å². The molecule has 0 radical (unpaired) electrons. The highest BCUT2D eigenvalue weighted by Gasteiger charge is 2.18. The van der Waals surface area contributed by atoms with Gasteiger partial charge in [-0.05, 0) is 12.5 Å². The molecule has 0 fully saturated rings. The number of nitrogens with zero attached hydrogens (tertiary/aromatic N) is 3. The molecule has 3 rings (SSSR count). The molecule has 6 nitrogen and oxygen atoms in total. The van der Waals surface area contributed by atoms with Gasteiger partial charge in [-0.25, -0.2) is 4.98 Å². The van der Waals surface area contributed by atoms with Gasteiger partial charge in [0.05, 0.1) is 12.8 Å². The van der Waals surface area contributed by atoms with E-state index in [1.54, 1.807) is 7.11 Å². The smallest absolute Gasteiger partial charge is 0.255 e. The average Bonchev–Trinajstić information content (AvgIpc) is 2.85. The first-order valence-corrected chi connectivity index (χ1v) is 8.90. The second-order valence-electron chi connectivity index (χ2n) is 6.65. The lowest BCUT2D eigenvalue weighted by Crippen LogP contribution is -2.27. The van der Waals surface area contributed by atoms with Crippen molar-refractivity contribution in [1.29, 1.82) is 0 Å². The summed E-state index contributed by atoms with van der Waals surface area (Å²) in [5, 5.41) is 0. The Morgan fingerprint density at radius 2 is 2.04 bits per heavy atom. The summed E-state index contributed by atoms with van der Waals surface area (Å²) in [6, 6.07) is 7.97. The lowest BCUT2D eigenvalue weighted by Gasteiger charge is -2.17. The topological polar surface area (TPSA) is 61.5 Å². The third kappa shape index (κ3) is 4.14. The Kier molecular flexibility index (Phi) is 5.73. The van der Waals surface area contributed by atoms with Crippen LogP contribution in [0.2, 0.25) is 0 Å². The van der Waals surface area contributed by atoms with E-state index in [-0.39, 0.29) is 5.56 Å². The number of hydrogen-bond donors (Lipinski definition) is 1. The van der Waals surface area contributed by atoms with Crippen molar-refractivity contribution in [3.8, 4) is 5.75 Å². The predicted molar refractivity (Wildman–Crippen MR) is 105 cm³/mol. The number of hydrogen-bond acceptors (Lipinski definition) is 5. The van der Waals surface area contributed by atoms with Gasteiger partial charge in [-0.1, -0.05) is 30.4 Å². The number of anilines is 1. The lowest BCUT2D eigenvalue weighted by atomic mass is 10.1. The first kappa shape index (κ1) is 18.2. The van der Waals surface area contributed by atoms with Crippen LogP contribution in [0.1, 0.15) is 16.8 Å². The van der Waals surface area contributed by atoms with Crippen LogP contribution in [0.25, 0.3) is 6.08 Å². The summed E-state index contributed by atoms with van der Waals surface area (Å²) >= 11 is 0. The zero-order chi connectivity index (χ0) is 18.5. The number of para-hydroxylation sites is 1. The summed E-state index contributed by atoms with van der Waals surface area (Å²) in [5.74, 6) is 1.50. The summed E-state index contributed by atoms with van der Waals surface area (Å²) in [6.45, 7) is 2.59. The fraction of sp³-hybridized carbons (Fsp3) is 0.400. The number of benzene rings is 1. The third-order valence-corrected chi connectivity index (χ3v) is 4.66. The molecule has 0 spiro atoms. The molecule has 2 aromatic rings. The molecule has 6 heteroatoms. The van der Waals surface area contributed by atoms with Crippen molar-refractivity contribution in [2.24, 2.45) is 0 Å². The number of nitrogens with one attached hydrogen (secondary N) is 1. The Hall–Kier alpha value is -2.60. The summed E-state index contributed by atoms with van der Waals surface area (Å²) in [7, 11) is 5.46. The number of rotatable bonds is 5. The maximum absolute atomic E-state index is 12.3. The van der Waals surface area contributed by atoms with Gasteiger partial charge in [-0.15, -0.1) is 0 Å². The number of aromatic nitrogens is 2. The number of aromatic amines is 1. The minimum atomic E-state index is -0.00915. The SMILES string of the molecule is COc1ccccc1/C=C/CN1CCc2nc(N(C)C)[nH]c(=O)c2CC1. The number of fused-ring (bicyclic) bond motifs is 1. The molecule has 1 aliphatic heterocycles. The van der Waals surface area contributed by atoms with Gasteiger partial charge in [-0.3, -0.25) is 14.7 Å². The summed E-state index contributed by atoms with van der Waals surface area (Å²) in [5.41, 5.74) is 2.81. The fourth-order valence-corrected chi connectivity index (χ4v) is 3.17. The predicted octanol–water partition coefficient (Wildman–Crippen LogP) is 1.96. The van der Waals surface area contributed by atoms with E-state index in [9.17, 15) is 4.79 Å². The van der Waals surface area contributed by atoms with Gasteiger partial charge >= 0.3 is 0 Å². The van der Waals surface area contributed by atoms with Gasteiger partial charge < -0.3 is 9.64 Å². The Labute approximate surface area is 154 Å². The number of ether oxygens (including phenoxy) is 1.